The van der Waals surface area contributed by atoms with Crippen LogP contribution in [0, 0.1) is 5.92 Å². The maximum absolute atomic E-state index is 5.48. The molecule has 1 fully saturated rings. The highest BCUT2D eigenvalue weighted by atomic mass is 16.5. The van der Waals surface area contributed by atoms with E-state index in [4.69, 9.17) is 4.74 Å². The minimum Gasteiger partial charge on any atom is -0.496 e. The van der Waals surface area contributed by atoms with Crippen LogP contribution in [-0.4, -0.2) is 13.2 Å². The highest BCUT2D eigenvalue weighted by molar-refractivity contribution is 5.35. The molecule has 1 saturated carbocycles. The summed E-state index contributed by atoms with van der Waals surface area (Å²) in [5, 5.41) is 3.83. The van der Waals surface area contributed by atoms with Gasteiger partial charge in [-0.3, -0.25) is 0 Å². The molecule has 1 aromatic rings. The van der Waals surface area contributed by atoms with Gasteiger partial charge in [0.15, 0.2) is 0 Å². The van der Waals surface area contributed by atoms with Gasteiger partial charge in [0.05, 0.1) is 7.11 Å². The normalized spacial score (nSPS) is 25.1. The molecule has 0 aromatic heterocycles. The van der Waals surface area contributed by atoms with Crippen LogP contribution < -0.4 is 10.1 Å². The molecule has 2 rings (SSSR count). The predicted octanol–water partition coefficient (Wildman–Crippen LogP) is 3.92. The average molecular weight is 247 g/mol. The Morgan fingerprint density at radius 3 is 2.72 bits per heavy atom. The summed E-state index contributed by atoms with van der Waals surface area (Å²) in [5.74, 6) is 1.80. The third-order valence-corrected chi connectivity index (χ3v) is 4.20. The van der Waals surface area contributed by atoms with Gasteiger partial charge in [-0.15, -0.1) is 0 Å². The van der Waals surface area contributed by atoms with Crippen molar-refractivity contribution in [3.8, 4) is 5.75 Å². The van der Waals surface area contributed by atoms with Crippen molar-refractivity contribution >= 4 is 0 Å². The summed E-state index contributed by atoms with van der Waals surface area (Å²) >= 11 is 0. The van der Waals surface area contributed by atoms with Gasteiger partial charge in [0.1, 0.15) is 5.75 Å². The first kappa shape index (κ1) is 13.4. The first-order valence-electron chi connectivity index (χ1n) is 7.15. The van der Waals surface area contributed by atoms with E-state index in [-0.39, 0.29) is 0 Å². The molecule has 100 valence electrons. The zero-order valence-electron chi connectivity index (χ0n) is 11.8. The first-order valence-corrected chi connectivity index (χ1v) is 7.15. The summed E-state index contributed by atoms with van der Waals surface area (Å²) in [6.07, 6.45) is 5.14. The smallest absolute Gasteiger partial charge is 0.123 e. The number of rotatable bonds is 5. The van der Waals surface area contributed by atoms with Gasteiger partial charge in [-0.25, -0.2) is 0 Å². The molecular formula is C16H25NO. The lowest BCUT2D eigenvalue weighted by Gasteiger charge is -2.26. The number of methoxy groups -OCH3 is 1. The second kappa shape index (κ2) is 6.24. The molecule has 0 spiro atoms. The lowest BCUT2D eigenvalue weighted by Crippen LogP contribution is -2.34. The van der Waals surface area contributed by atoms with Crippen molar-refractivity contribution in [2.75, 3.05) is 7.11 Å². The molecule has 3 unspecified atom stereocenters. The van der Waals surface area contributed by atoms with E-state index in [0.717, 1.165) is 18.1 Å². The molecule has 0 bridgehead atoms. The summed E-state index contributed by atoms with van der Waals surface area (Å²) in [6.45, 7) is 4.60. The summed E-state index contributed by atoms with van der Waals surface area (Å²) in [6, 6.07) is 9.44. The minimum atomic E-state index is 0.409. The van der Waals surface area contributed by atoms with Crippen molar-refractivity contribution in [2.24, 2.45) is 5.92 Å². The number of hydrogen-bond acceptors (Lipinski definition) is 2. The van der Waals surface area contributed by atoms with E-state index < -0.39 is 0 Å². The van der Waals surface area contributed by atoms with Crippen LogP contribution in [0.25, 0.3) is 0 Å². The van der Waals surface area contributed by atoms with Gasteiger partial charge in [-0.05, 0) is 31.2 Å². The molecule has 1 aromatic carbocycles. The Bertz CT molecular complexity index is 377. The van der Waals surface area contributed by atoms with Gasteiger partial charge in [-0.1, -0.05) is 38.5 Å². The van der Waals surface area contributed by atoms with E-state index in [2.05, 4.69) is 37.4 Å². The molecule has 1 aliphatic rings. The van der Waals surface area contributed by atoms with Gasteiger partial charge < -0.3 is 10.1 Å². The summed E-state index contributed by atoms with van der Waals surface area (Å²) < 4.78 is 5.48. The zero-order chi connectivity index (χ0) is 13.0. The molecule has 2 heteroatoms. The van der Waals surface area contributed by atoms with Crippen LogP contribution in [0.4, 0.5) is 0 Å². The molecule has 0 saturated heterocycles. The molecule has 2 nitrogen and oxygen atoms in total. The summed E-state index contributed by atoms with van der Waals surface area (Å²) in [5.41, 5.74) is 1.29. The maximum atomic E-state index is 5.48. The average Bonchev–Trinajstić information content (AvgIpc) is 2.81. The molecule has 0 amide bonds. The minimum absolute atomic E-state index is 0.409. The van der Waals surface area contributed by atoms with E-state index in [9.17, 15) is 0 Å². The van der Waals surface area contributed by atoms with E-state index in [0.29, 0.717) is 12.1 Å². The Kier molecular flexibility index (Phi) is 4.65. The predicted molar refractivity (Wildman–Crippen MR) is 76.0 cm³/mol. The van der Waals surface area contributed by atoms with Gasteiger partial charge >= 0.3 is 0 Å². The number of hydrogen-bond donors (Lipinski definition) is 1. The van der Waals surface area contributed by atoms with E-state index in [1.54, 1.807) is 7.11 Å². The van der Waals surface area contributed by atoms with Gasteiger partial charge in [0, 0.05) is 17.6 Å². The van der Waals surface area contributed by atoms with Crippen molar-refractivity contribution in [1.82, 2.24) is 5.32 Å². The Labute approximate surface area is 111 Å². The quantitative estimate of drug-likeness (QED) is 0.851. The number of nitrogens with one attached hydrogen (secondary N) is 1. The zero-order valence-corrected chi connectivity index (χ0v) is 11.8. The summed E-state index contributed by atoms with van der Waals surface area (Å²) in [4.78, 5) is 0. The molecule has 0 heterocycles. The van der Waals surface area contributed by atoms with Crippen molar-refractivity contribution in [2.45, 2.75) is 51.6 Å². The fraction of sp³-hybridized carbons (Fsp3) is 0.625. The second-order valence-corrected chi connectivity index (χ2v) is 5.38. The summed E-state index contributed by atoms with van der Waals surface area (Å²) in [7, 11) is 1.75. The highest BCUT2D eigenvalue weighted by Gasteiger charge is 2.26. The fourth-order valence-electron chi connectivity index (χ4n) is 3.03. The van der Waals surface area contributed by atoms with Gasteiger partial charge in [-0.2, -0.15) is 0 Å². The third-order valence-electron chi connectivity index (χ3n) is 4.20. The molecular weight excluding hydrogens is 222 g/mol. The highest BCUT2D eigenvalue weighted by Crippen LogP contribution is 2.31. The van der Waals surface area contributed by atoms with Crippen LogP contribution in [-0.2, 0) is 0 Å². The van der Waals surface area contributed by atoms with Crippen molar-refractivity contribution < 1.29 is 4.74 Å². The number of para-hydroxylation sites is 1. The van der Waals surface area contributed by atoms with Crippen molar-refractivity contribution in [3.63, 3.8) is 0 Å². The van der Waals surface area contributed by atoms with Crippen LogP contribution in [0.2, 0.25) is 0 Å². The monoisotopic (exact) mass is 247 g/mol. The topological polar surface area (TPSA) is 21.3 Å². The first-order chi connectivity index (χ1) is 8.76. The molecule has 1 aliphatic carbocycles. The van der Waals surface area contributed by atoms with E-state index in [1.165, 1.54) is 24.8 Å². The van der Waals surface area contributed by atoms with Crippen molar-refractivity contribution in [1.29, 1.82) is 0 Å². The molecule has 0 aliphatic heterocycles. The van der Waals surface area contributed by atoms with Crippen molar-refractivity contribution in [3.05, 3.63) is 29.8 Å². The van der Waals surface area contributed by atoms with E-state index in [1.807, 2.05) is 6.07 Å². The largest absolute Gasteiger partial charge is 0.496 e. The SMILES string of the molecule is CCC(NC1CCCC1C)c1ccccc1OC. The standard InChI is InChI=1S/C16H25NO/c1-4-14(17-15-10-7-8-12(15)2)13-9-5-6-11-16(13)18-3/h5-6,9,11-12,14-15,17H,4,7-8,10H2,1-3H3. The molecule has 3 atom stereocenters. The number of ether oxygens (including phenoxy) is 1. The Balaban J connectivity index is 2.12. The van der Waals surface area contributed by atoms with Crippen LogP contribution in [0.15, 0.2) is 24.3 Å². The Morgan fingerprint density at radius 2 is 2.11 bits per heavy atom. The van der Waals surface area contributed by atoms with Crippen LogP contribution in [0.5, 0.6) is 5.75 Å². The van der Waals surface area contributed by atoms with Crippen LogP contribution in [0.1, 0.15) is 51.1 Å². The molecule has 1 N–H and O–H groups in total. The second-order valence-electron chi connectivity index (χ2n) is 5.38. The van der Waals surface area contributed by atoms with Crippen LogP contribution in [0.3, 0.4) is 0 Å². The lowest BCUT2D eigenvalue weighted by atomic mass is 9.99. The lowest BCUT2D eigenvalue weighted by molar-refractivity contribution is 0.353. The van der Waals surface area contributed by atoms with Gasteiger partial charge in [0.2, 0.25) is 0 Å². The maximum Gasteiger partial charge on any atom is 0.123 e. The number of benzene rings is 1. The third kappa shape index (κ3) is 2.86. The van der Waals surface area contributed by atoms with E-state index >= 15 is 0 Å². The fourth-order valence-corrected chi connectivity index (χ4v) is 3.03. The van der Waals surface area contributed by atoms with Crippen LogP contribution >= 0.6 is 0 Å². The van der Waals surface area contributed by atoms with Gasteiger partial charge in [0.25, 0.3) is 0 Å². The Morgan fingerprint density at radius 1 is 1.33 bits per heavy atom. The Hall–Kier alpha value is -1.02. The molecule has 0 radical (unpaired) electrons. The molecule has 18 heavy (non-hydrogen) atoms.